The summed E-state index contributed by atoms with van der Waals surface area (Å²) in [7, 11) is -3.75. The molecule has 0 bridgehead atoms. The number of nitrogens with one attached hydrogen (secondary N) is 1. The molecule has 1 unspecified atom stereocenters. The van der Waals surface area contributed by atoms with Crippen LogP contribution < -0.4 is 9.62 Å². The van der Waals surface area contributed by atoms with Crippen molar-refractivity contribution in [3.8, 4) is 11.1 Å². The van der Waals surface area contributed by atoms with Crippen LogP contribution in [-0.4, -0.2) is 21.0 Å². The summed E-state index contributed by atoms with van der Waals surface area (Å²) in [5.41, 5.74) is 5.11. The minimum absolute atomic E-state index is 0.144. The maximum Gasteiger partial charge on any atom is 0.240 e. The Bertz CT molecular complexity index is 1440. The first-order valence-corrected chi connectivity index (χ1v) is 13.2. The first-order chi connectivity index (χ1) is 16.9. The Hall–Kier alpha value is -3.19. The molecule has 1 heterocycles. The number of rotatable bonds is 6. The summed E-state index contributed by atoms with van der Waals surface area (Å²) in [4.78, 5) is 2.35. The molecule has 178 valence electrons. The van der Waals surface area contributed by atoms with Crippen LogP contribution in [0.4, 0.5) is 10.1 Å². The summed E-state index contributed by atoms with van der Waals surface area (Å²) < 4.78 is 42.6. The van der Waals surface area contributed by atoms with Crippen molar-refractivity contribution in [3.63, 3.8) is 0 Å². The molecule has 0 spiro atoms. The second-order valence-corrected chi connectivity index (χ2v) is 10.8. The average molecular weight is 507 g/mol. The maximum atomic E-state index is 13.4. The van der Waals surface area contributed by atoms with Crippen molar-refractivity contribution >= 4 is 27.3 Å². The molecule has 4 nitrogen and oxygen atoms in total. The van der Waals surface area contributed by atoms with E-state index in [-0.39, 0.29) is 16.8 Å². The van der Waals surface area contributed by atoms with Gasteiger partial charge in [0.15, 0.2) is 0 Å². The largest absolute Gasteiger partial charge is 0.365 e. The Balaban J connectivity index is 1.48. The molecule has 1 atom stereocenters. The normalized spacial score (nSPS) is 15.6. The molecule has 4 aromatic carbocycles. The standard InChI is InChI=1S/C28H24ClFN2O2S/c29-24-7-4-8-27(17-24)35(33,34)31-26-16-23-15-22(21-9-12-25(30)13-10-21)11-14-28(23)32(19-26)18-20-5-2-1-3-6-20/h1-15,17,26,31H,16,18-19H2. The van der Waals surface area contributed by atoms with Crippen molar-refractivity contribution in [2.45, 2.75) is 23.9 Å². The highest BCUT2D eigenvalue weighted by atomic mass is 35.5. The number of anilines is 1. The van der Waals surface area contributed by atoms with Gasteiger partial charge in [-0.2, -0.15) is 0 Å². The Morgan fingerprint density at radius 3 is 2.37 bits per heavy atom. The van der Waals surface area contributed by atoms with Gasteiger partial charge in [0.1, 0.15) is 5.82 Å². The number of fused-ring (bicyclic) bond motifs is 1. The van der Waals surface area contributed by atoms with Gasteiger partial charge in [0.05, 0.1) is 4.90 Å². The van der Waals surface area contributed by atoms with Crippen molar-refractivity contribution in [1.82, 2.24) is 4.72 Å². The lowest BCUT2D eigenvalue weighted by molar-refractivity contribution is 0.524. The first kappa shape index (κ1) is 23.5. The Labute approximate surface area is 210 Å². The molecular weight excluding hydrogens is 483 g/mol. The fourth-order valence-corrected chi connectivity index (χ4v) is 6.06. The molecule has 0 aliphatic carbocycles. The van der Waals surface area contributed by atoms with E-state index in [9.17, 15) is 12.8 Å². The topological polar surface area (TPSA) is 49.4 Å². The van der Waals surface area contributed by atoms with Gasteiger partial charge in [0.2, 0.25) is 10.0 Å². The monoisotopic (exact) mass is 506 g/mol. The van der Waals surface area contributed by atoms with E-state index in [0.717, 1.165) is 27.9 Å². The molecule has 0 amide bonds. The van der Waals surface area contributed by atoms with Gasteiger partial charge in [-0.3, -0.25) is 0 Å². The zero-order valence-electron chi connectivity index (χ0n) is 18.9. The number of halogens is 2. The lowest BCUT2D eigenvalue weighted by Crippen LogP contribution is -2.48. The summed E-state index contributed by atoms with van der Waals surface area (Å²) in [6.07, 6.45) is 0.537. The number of nitrogens with zero attached hydrogens (tertiary/aromatic N) is 1. The molecule has 5 rings (SSSR count). The van der Waals surface area contributed by atoms with E-state index in [1.165, 1.54) is 18.2 Å². The predicted octanol–water partition coefficient (Wildman–Crippen LogP) is 6.06. The summed E-state index contributed by atoms with van der Waals surface area (Å²) >= 11 is 6.04. The average Bonchev–Trinajstić information content (AvgIpc) is 2.84. The molecule has 0 fully saturated rings. The van der Waals surface area contributed by atoms with Crippen LogP contribution in [0.15, 0.2) is 102 Å². The summed E-state index contributed by atoms with van der Waals surface area (Å²) in [5, 5.41) is 0.372. The third-order valence-electron chi connectivity index (χ3n) is 6.15. The molecule has 1 aliphatic heterocycles. The van der Waals surface area contributed by atoms with E-state index in [1.54, 1.807) is 30.3 Å². The zero-order chi connectivity index (χ0) is 24.4. The summed E-state index contributed by atoms with van der Waals surface area (Å²) in [6, 6.07) is 28.6. The molecule has 35 heavy (non-hydrogen) atoms. The van der Waals surface area contributed by atoms with Gasteiger partial charge in [-0.1, -0.05) is 66.2 Å². The SMILES string of the molecule is O=S(=O)(NC1Cc2cc(-c3ccc(F)cc3)ccc2N(Cc2ccccc2)C1)c1cccc(Cl)c1. The first-order valence-electron chi connectivity index (χ1n) is 11.3. The van der Waals surface area contributed by atoms with Gasteiger partial charge in [-0.15, -0.1) is 0 Å². The minimum Gasteiger partial charge on any atom is -0.365 e. The quantitative estimate of drug-likeness (QED) is 0.346. The highest BCUT2D eigenvalue weighted by molar-refractivity contribution is 7.89. The lowest BCUT2D eigenvalue weighted by Gasteiger charge is -2.37. The van der Waals surface area contributed by atoms with Crippen molar-refractivity contribution < 1.29 is 12.8 Å². The molecule has 1 aliphatic rings. The van der Waals surface area contributed by atoms with E-state index in [2.05, 4.69) is 33.9 Å². The predicted molar refractivity (Wildman–Crippen MR) is 139 cm³/mol. The van der Waals surface area contributed by atoms with Gasteiger partial charge >= 0.3 is 0 Å². The molecule has 0 saturated heterocycles. The van der Waals surface area contributed by atoms with E-state index in [4.69, 9.17) is 11.6 Å². The van der Waals surface area contributed by atoms with Gasteiger partial charge in [-0.25, -0.2) is 17.5 Å². The van der Waals surface area contributed by atoms with Crippen LogP contribution in [0.3, 0.4) is 0 Å². The van der Waals surface area contributed by atoms with E-state index >= 15 is 0 Å². The maximum absolute atomic E-state index is 13.4. The fraction of sp³-hybridized carbons (Fsp3) is 0.143. The molecule has 4 aromatic rings. The Morgan fingerprint density at radius 2 is 1.63 bits per heavy atom. The van der Waals surface area contributed by atoms with Crippen molar-refractivity contribution in [2.24, 2.45) is 0 Å². The number of benzene rings is 4. The van der Waals surface area contributed by atoms with Crippen molar-refractivity contribution in [1.29, 1.82) is 0 Å². The van der Waals surface area contributed by atoms with E-state index < -0.39 is 10.0 Å². The minimum atomic E-state index is -3.75. The molecule has 0 aromatic heterocycles. The molecule has 0 saturated carbocycles. The molecule has 7 heteroatoms. The van der Waals surface area contributed by atoms with Gasteiger partial charge in [0, 0.05) is 29.8 Å². The summed E-state index contributed by atoms with van der Waals surface area (Å²) in [6.45, 7) is 1.18. The number of sulfonamides is 1. The van der Waals surface area contributed by atoms with Crippen LogP contribution >= 0.6 is 11.6 Å². The van der Waals surface area contributed by atoms with Gasteiger partial charge < -0.3 is 4.90 Å². The molecule has 0 radical (unpaired) electrons. The van der Waals surface area contributed by atoms with E-state index in [1.807, 2.05) is 24.3 Å². The van der Waals surface area contributed by atoms with Crippen LogP contribution in [0.1, 0.15) is 11.1 Å². The van der Waals surface area contributed by atoms with Crippen LogP contribution in [0.25, 0.3) is 11.1 Å². The number of hydrogen-bond acceptors (Lipinski definition) is 3. The lowest BCUT2D eigenvalue weighted by atomic mass is 9.94. The third-order valence-corrected chi connectivity index (χ3v) is 7.90. The Morgan fingerprint density at radius 1 is 0.886 bits per heavy atom. The van der Waals surface area contributed by atoms with Crippen molar-refractivity contribution in [3.05, 3.63) is 119 Å². The van der Waals surface area contributed by atoms with Crippen LogP contribution in [0.2, 0.25) is 5.02 Å². The van der Waals surface area contributed by atoms with Gasteiger partial charge in [0.25, 0.3) is 0 Å². The van der Waals surface area contributed by atoms with E-state index in [0.29, 0.717) is 24.5 Å². The van der Waals surface area contributed by atoms with Crippen molar-refractivity contribution in [2.75, 3.05) is 11.4 Å². The smallest absolute Gasteiger partial charge is 0.240 e. The van der Waals surface area contributed by atoms with Crippen LogP contribution in [-0.2, 0) is 23.0 Å². The highest BCUT2D eigenvalue weighted by Gasteiger charge is 2.29. The van der Waals surface area contributed by atoms with Crippen LogP contribution in [0.5, 0.6) is 0 Å². The molecular formula is C28H24ClFN2O2S. The third kappa shape index (κ3) is 5.40. The summed E-state index contributed by atoms with van der Waals surface area (Å²) in [5.74, 6) is -0.281. The second-order valence-electron chi connectivity index (χ2n) is 8.70. The highest BCUT2D eigenvalue weighted by Crippen LogP contribution is 2.33. The zero-order valence-corrected chi connectivity index (χ0v) is 20.4. The molecule has 1 N–H and O–H groups in total. The fourth-order valence-electron chi connectivity index (χ4n) is 4.53. The second kappa shape index (κ2) is 9.82. The number of hydrogen-bond donors (Lipinski definition) is 1. The van der Waals surface area contributed by atoms with Gasteiger partial charge in [-0.05, 0) is 71.1 Å². The Kier molecular flexibility index (Phi) is 6.60. The van der Waals surface area contributed by atoms with Crippen LogP contribution in [0, 0.1) is 5.82 Å².